The van der Waals surface area contributed by atoms with E-state index in [4.69, 9.17) is 10.4 Å². The van der Waals surface area contributed by atoms with E-state index in [9.17, 15) is 4.79 Å². The monoisotopic (exact) mass is 376 g/mol. The number of amides is 1. The molecular weight excluding hydrogens is 356 g/mol. The van der Waals surface area contributed by atoms with Crippen LogP contribution in [0.1, 0.15) is 18.1 Å². The summed E-state index contributed by atoms with van der Waals surface area (Å²) in [4.78, 5) is 13.1. The average molecular weight is 376 g/mol. The van der Waals surface area contributed by atoms with Crippen LogP contribution in [-0.4, -0.2) is 22.2 Å². The van der Waals surface area contributed by atoms with E-state index < -0.39 is 0 Å². The van der Waals surface area contributed by atoms with Crippen molar-refractivity contribution in [3.8, 4) is 16.6 Å². The third-order valence-corrected chi connectivity index (χ3v) is 4.83. The minimum Gasteiger partial charge on any atom is -0.351 e. The molecule has 0 radical (unpaired) electrons. The van der Waals surface area contributed by atoms with Gasteiger partial charge in [0.1, 0.15) is 5.69 Å². The smallest absolute Gasteiger partial charge is 0.244 e. The predicted molar refractivity (Wildman–Crippen MR) is 108 cm³/mol. The Hall–Kier alpha value is -3.17. The summed E-state index contributed by atoms with van der Waals surface area (Å²) in [6.07, 6.45) is 5.21. The van der Waals surface area contributed by atoms with Gasteiger partial charge < -0.3 is 5.32 Å². The first-order chi connectivity index (χ1) is 13.2. The summed E-state index contributed by atoms with van der Waals surface area (Å²) in [5, 5.41) is 18.2. The van der Waals surface area contributed by atoms with Crippen molar-refractivity contribution in [3.05, 3.63) is 71.2 Å². The van der Waals surface area contributed by atoms with E-state index in [0.29, 0.717) is 13.1 Å². The second-order valence-corrected chi connectivity index (χ2v) is 7.15. The molecule has 0 bridgehead atoms. The van der Waals surface area contributed by atoms with Gasteiger partial charge in [-0.1, -0.05) is 36.4 Å². The fourth-order valence-electron chi connectivity index (χ4n) is 2.54. The summed E-state index contributed by atoms with van der Waals surface area (Å²) >= 11 is 1.61. The average Bonchev–Trinajstić information content (AvgIpc) is 3.35. The van der Waals surface area contributed by atoms with Gasteiger partial charge in [-0.15, -0.1) is 11.3 Å². The van der Waals surface area contributed by atoms with Gasteiger partial charge in [-0.3, -0.25) is 9.48 Å². The molecule has 2 heterocycles. The molecule has 1 atom stereocenters. The molecule has 0 spiro atoms. The van der Waals surface area contributed by atoms with Gasteiger partial charge in [0.2, 0.25) is 5.91 Å². The zero-order chi connectivity index (χ0) is 19.1. The molecule has 1 aromatic carbocycles. The summed E-state index contributed by atoms with van der Waals surface area (Å²) in [6.45, 7) is 2.77. The van der Waals surface area contributed by atoms with Crippen LogP contribution < -0.4 is 5.32 Å². The predicted octanol–water partition coefficient (Wildman–Crippen LogP) is 3.95. The van der Waals surface area contributed by atoms with E-state index in [2.05, 4.69) is 23.5 Å². The molecule has 6 heteroatoms. The van der Waals surface area contributed by atoms with Gasteiger partial charge >= 0.3 is 0 Å². The Morgan fingerprint density at radius 2 is 2.15 bits per heavy atom. The Bertz CT molecular complexity index is 952. The number of thiophene rings is 1. The molecule has 1 unspecified atom stereocenters. The quantitative estimate of drug-likeness (QED) is 0.635. The molecule has 5 nitrogen and oxygen atoms in total. The molecule has 27 heavy (non-hydrogen) atoms. The first-order valence-corrected chi connectivity index (χ1v) is 9.54. The molecule has 0 saturated carbocycles. The molecule has 0 aliphatic carbocycles. The standard InChI is InChI=1S/C21H20N4OS/c1-16(12-22)13-23-20(26)10-9-18-15-25(14-17-6-3-2-4-7-17)24-21(18)19-8-5-11-27-19/h2-11,15-16H,13-14H2,1H3,(H,23,26)/b10-9+. The van der Waals surface area contributed by atoms with Gasteiger partial charge in [0, 0.05) is 24.4 Å². The number of aromatic nitrogens is 2. The van der Waals surface area contributed by atoms with Gasteiger partial charge in [0.15, 0.2) is 0 Å². The van der Waals surface area contributed by atoms with Crippen molar-refractivity contribution in [2.75, 3.05) is 6.54 Å². The van der Waals surface area contributed by atoms with Crippen LogP contribution in [0.3, 0.4) is 0 Å². The summed E-state index contributed by atoms with van der Waals surface area (Å²) in [6, 6.07) is 16.2. The van der Waals surface area contributed by atoms with Gasteiger partial charge in [0.05, 0.1) is 23.4 Å². The number of carbonyl (C=O) groups excluding carboxylic acids is 1. The van der Waals surface area contributed by atoms with Crippen LogP contribution in [0.4, 0.5) is 0 Å². The summed E-state index contributed by atoms with van der Waals surface area (Å²) in [5.41, 5.74) is 2.91. The van der Waals surface area contributed by atoms with Crippen molar-refractivity contribution in [1.82, 2.24) is 15.1 Å². The van der Waals surface area contributed by atoms with Crippen LogP contribution in [0.5, 0.6) is 0 Å². The Balaban J connectivity index is 1.79. The molecule has 0 fully saturated rings. The Morgan fingerprint density at radius 3 is 2.85 bits per heavy atom. The lowest BCUT2D eigenvalue weighted by molar-refractivity contribution is -0.116. The van der Waals surface area contributed by atoms with Crippen molar-refractivity contribution < 1.29 is 4.79 Å². The maximum atomic E-state index is 12.0. The van der Waals surface area contributed by atoms with Gasteiger partial charge in [-0.25, -0.2) is 0 Å². The van der Waals surface area contributed by atoms with E-state index in [1.54, 1.807) is 24.3 Å². The molecule has 2 aromatic heterocycles. The second kappa shape index (κ2) is 8.97. The van der Waals surface area contributed by atoms with E-state index in [1.807, 2.05) is 46.6 Å². The fraction of sp³-hybridized carbons (Fsp3) is 0.190. The molecular formula is C21H20N4OS. The zero-order valence-electron chi connectivity index (χ0n) is 15.0. The van der Waals surface area contributed by atoms with Gasteiger partial charge in [-0.05, 0) is 30.0 Å². The van der Waals surface area contributed by atoms with Crippen LogP contribution in [0.25, 0.3) is 16.6 Å². The second-order valence-electron chi connectivity index (χ2n) is 6.20. The lowest BCUT2D eigenvalue weighted by atomic mass is 10.2. The van der Waals surface area contributed by atoms with Crippen molar-refractivity contribution in [2.24, 2.45) is 5.92 Å². The van der Waals surface area contributed by atoms with Gasteiger partial charge in [0.25, 0.3) is 0 Å². The number of hydrogen-bond donors (Lipinski definition) is 1. The molecule has 0 aliphatic heterocycles. The third kappa shape index (κ3) is 5.16. The Kier molecular flexibility index (Phi) is 6.18. The molecule has 0 aliphatic rings. The fourth-order valence-corrected chi connectivity index (χ4v) is 3.27. The normalized spacial score (nSPS) is 12.0. The van der Waals surface area contributed by atoms with E-state index >= 15 is 0 Å². The number of hydrogen-bond acceptors (Lipinski definition) is 4. The Morgan fingerprint density at radius 1 is 1.33 bits per heavy atom. The van der Waals surface area contributed by atoms with Crippen LogP contribution in [0.2, 0.25) is 0 Å². The minimum absolute atomic E-state index is 0.211. The molecule has 0 saturated heterocycles. The van der Waals surface area contributed by atoms with E-state index in [-0.39, 0.29) is 11.8 Å². The van der Waals surface area contributed by atoms with Crippen LogP contribution in [-0.2, 0) is 11.3 Å². The Labute approximate surface area is 162 Å². The zero-order valence-corrected chi connectivity index (χ0v) is 15.8. The highest BCUT2D eigenvalue weighted by Crippen LogP contribution is 2.27. The summed E-state index contributed by atoms with van der Waals surface area (Å²) in [5.74, 6) is -0.428. The molecule has 1 N–H and O–H groups in total. The summed E-state index contributed by atoms with van der Waals surface area (Å²) < 4.78 is 1.89. The number of carbonyl (C=O) groups is 1. The van der Waals surface area contributed by atoms with Crippen molar-refractivity contribution in [2.45, 2.75) is 13.5 Å². The first-order valence-electron chi connectivity index (χ1n) is 8.66. The van der Waals surface area contributed by atoms with Crippen LogP contribution in [0, 0.1) is 17.2 Å². The highest BCUT2D eigenvalue weighted by Gasteiger charge is 2.11. The lowest BCUT2D eigenvalue weighted by Crippen LogP contribution is -2.25. The van der Waals surface area contributed by atoms with Crippen LogP contribution >= 0.6 is 11.3 Å². The molecule has 3 rings (SSSR count). The molecule has 3 aromatic rings. The number of nitrogens with one attached hydrogen (secondary N) is 1. The summed E-state index contributed by atoms with van der Waals surface area (Å²) in [7, 11) is 0. The minimum atomic E-state index is -0.218. The number of nitrogens with zero attached hydrogens (tertiary/aromatic N) is 3. The van der Waals surface area contributed by atoms with Crippen molar-refractivity contribution in [3.63, 3.8) is 0 Å². The maximum Gasteiger partial charge on any atom is 0.244 e. The molecule has 1 amide bonds. The molecule has 136 valence electrons. The highest BCUT2D eigenvalue weighted by atomic mass is 32.1. The first kappa shape index (κ1) is 18.6. The van der Waals surface area contributed by atoms with Crippen molar-refractivity contribution >= 4 is 23.3 Å². The number of benzene rings is 1. The number of nitriles is 1. The maximum absolute atomic E-state index is 12.0. The van der Waals surface area contributed by atoms with E-state index in [1.165, 1.54) is 6.08 Å². The highest BCUT2D eigenvalue weighted by molar-refractivity contribution is 7.13. The topological polar surface area (TPSA) is 70.7 Å². The SMILES string of the molecule is CC(C#N)CNC(=O)/C=C/c1cn(Cc2ccccc2)nc1-c1cccs1. The lowest BCUT2D eigenvalue weighted by Gasteiger charge is -2.02. The van der Waals surface area contributed by atoms with Gasteiger partial charge in [-0.2, -0.15) is 10.4 Å². The van der Waals surface area contributed by atoms with Crippen LogP contribution in [0.15, 0.2) is 60.1 Å². The van der Waals surface area contributed by atoms with E-state index in [0.717, 1.165) is 21.7 Å². The number of rotatable bonds is 7. The largest absolute Gasteiger partial charge is 0.351 e. The van der Waals surface area contributed by atoms with Crippen molar-refractivity contribution in [1.29, 1.82) is 5.26 Å². The third-order valence-electron chi connectivity index (χ3n) is 3.95.